The summed E-state index contributed by atoms with van der Waals surface area (Å²) >= 11 is 0. The number of ether oxygens (including phenoxy) is 1. The third-order valence-corrected chi connectivity index (χ3v) is 15.2. The van der Waals surface area contributed by atoms with Crippen LogP contribution in [-0.2, 0) is 14.3 Å². The lowest BCUT2D eigenvalue weighted by Gasteiger charge is -2.20. The number of carbonyl (C=O) groups excluding carboxylic acids is 2. The number of hydrogen-bond donors (Lipinski definition) is 3. The molecule has 0 fully saturated rings. The number of allylic oxidation sites excluding steroid dienone is 3. The highest BCUT2D eigenvalue weighted by Gasteiger charge is 2.18. The molecular formula is C66H127NO5. The van der Waals surface area contributed by atoms with E-state index >= 15 is 0 Å². The summed E-state index contributed by atoms with van der Waals surface area (Å²) in [6.45, 7) is 4.92. The Morgan fingerprint density at radius 3 is 0.986 bits per heavy atom. The summed E-state index contributed by atoms with van der Waals surface area (Å²) in [5.41, 5.74) is 0. The Labute approximate surface area is 450 Å². The fourth-order valence-corrected chi connectivity index (χ4v) is 10.2. The van der Waals surface area contributed by atoms with Crippen molar-refractivity contribution in [3.63, 3.8) is 0 Å². The van der Waals surface area contributed by atoms with Gasteiger partial charge in [0, 0.05) is 12.8 Å². The van der Waals surface area contributed by atoms with Gasteiger partial charge < -0.3 is 20.3 Å². The lowest BCUT2D eigenvalue weighted by atomic mass is 10.0. The highest BCUT2D eigenvalue weighted by molar-refractivity contribution is 5.76. The van der Waals surface area contributed by atoms with E-state index in [1.165, 1.54) is 289 Å². The van der Waals surface area contributed by atoms with Crippen LogP contribution in [0.2, 0.25) is 0 Å². The molecule has 0 aromatic heterocycles. The molecule has 426 valence electrons. The van der Waals surface area contributed by atoms with Crippen LogP contribution in [0.1, 0.15) is 361 Å². The molecule has 0 aliphatic carbocycles. The Hall–Kier alpha value is -1.66. The molecule has 0 aromatic carbocycles. The smallest absolute Gasteiger partial charge is 0.305 e. The van der Waals surface area contributed by atoms with Crippen molar-refractivity contribution in [3.05, 3.63) is 24.3 Å². The van der Waals surface area contributed by atoms with Crippen LogP contribution in [0, 0.1) is 0 Å². The first kappa shape index (κ1) is 70.3. The zero-order valence-electron chi connectivity index (χ0n) is 48.7. The molecule has 6 nitrogen and oxygen atoms in total. The molecule has 0 saturated heterocycles. The highest BCUT2D eigenvalue weighted by Crippen LogP contribution is 2.18. The fourth-order valence-electron chi connectivity index (χ4n) is 10.2. The van der Waals surface area contributed by atoms with Gasteiger partial charge in [-0.25, -0.2) is 0 Å². The first-order valence-electron chi connectivity index (χ1n) is 32.6. The Balaban J connectivity index is 3.37. The van der Waals surface area contributed by atoms with Crippen molar-refractivity contribution in [1.82, 2.24) is 5.32 Å². The van der Waals surface area contributed by atoms with Crippen molar-refractivity contribution in [2.45, 2.75) is 373 Å². The van der Waals surface area contributed by atoms with E-state index in [1.54, 1.807) is 6.08 Å². The first-order valence-corrected chi connectivity index (χ1v) is 32.6. The van der Waals surface area contributed by atoms with Gasteiger partial charge in [0.15, 0.2) is 0 Å². The van der Waals surface area contributed by atoms with Crippen LogP contribution in [-0.4, -0.2) is 47.4 Å². The largest absolute Gasteiger partial charge is 0.466 e. The van der Waals surface area contributed by atoms with Crippen LogP contribution in [0.3, 0.4) is 0 Å². The van der Waals surface area contributed by atoms with Crippen LogP contribution >= 0.6 is 0 Å². The number of carbonyl (C=O) groups is 2. The number of esters is 1. The van der Waals surface area contributed by atoms with Crippen LogP contribution in [0.5, 0.6) is 0 Å². The molecule has 0 spiro atoms. The van der Waals surface area contributed by atoms with E-state index < -0.39 is 12.1 Å². The number of aliphatic hydroxyl groups is 2. The predicted octanol–water partition coefficient (Wildman–Crippen LogP) is 20.6. The molecule has 0 aliphatic heterocycles. The summed E-state index contributed by atoms with van der Waals surface area (Å²) in [6, 6.07) is -0.626. The molecule has 0 rings (SSSR count). The molecule has 0 aliphatic rings. The van der Waals surface area contributed by atoms with Crippen molar-refractivity contribution < 1.29 is 24.5 Å². The van der Waals surface area contributed by atoms with Crippen LogP contribution in [0.15, 0.2) is 24.3 Å². The lowest BCUT2D eigenvalue weighted by molar-refractivity contribution is -0.143. The van der Waals surface area contributed by atoms with Crippen LogP contribution in [0.4, 0.5) is 0 Å². The quantitative estimate of drug-likeness (QED) is 0.0320. The first-order chi connectivity index (χ1) is 35.5. The molecule has 2 atom stereocenters. The second-order valence-electron chi connectivity index (χ2n) is 22.5. The van der Waals surface area contributed by atoms with Gasteiger partial charge >= 0.3 is 5.97 Å². The minimum atomic E-state index is -0.843. The Kier molecular flexibility index (Phi) is 60.5. The van der Waals surface area contributed by atoms with Crippen molar-refractivity contribution in [1.29, 1.82) is 0 Å². The van der Waals surface area contributed by atoms with E-state index in [1.807, 2.05) is 6.08 Å². The van der Waals surface area contributed by atoms with E-state index in [2.05, 4.69) is 31.3 Å². The zero-order chi connectivity index (χ0) is 52.2. The van der Waals surface area contributed by atoms with E-state index in [-0.39, 0.29) is 18.5 Å². The number of nitrogens with one attached hydrogen (secondary N) is 1. The summed E-state index contributed by atoms with van der Waals surface area (Å²) in [5.74, 6) is -0.0559. The molecule has 0 saturated carbocycles. The minimum Gasteiger partial charge on any atom is -0.466 e. The maximum Gasteiger partial charge on any atom is 0.305 e. The van der Waals surface area contributed by atoms with Gasteiger partial charge in [-0.15, -0.1) is 0 Å². The van der Waals surface area contributed by atoms with Gasteiger partial charge in [-0.2, -0.15) is 0 Å². The van der Waals surface area contributed by atoms with Crippen LogP contribution < -0.4 is 5.32 Å². The summed E-state index contributed by atoms with van der Waals surface area (Å²) in [4.78, 5) is 24.5. The summed E-state index contributed by atoms with van der Waals surface area (Å²) in [7, 11) is 0. The average molecular weight is 1010 g/mol. The molecule has 0 radical (unpaired) electrons. The predicted molar refractivity (Wildman–Crippen MR) is 315 cm³/mol. The lowest BCUT2D eigenvalue weighted by Crippen LogP contribution is -2.45. The third-order valence-electron chi connectivity index (χ3n) is 15.2. The topological polar surface area (TPSA) is 95.9 Å². The van der Waals surface area contributed by atoms with Gasteiger partial charge in [0.05, 0.1) is 25.4 Å². The maximum atomic E-state index is 12.5. The number of amides is 1. The maximum absolute atomic E-state index is 12.5. The van der Waals surface area contributed by atoms with Crippen LogP contribution in [0.25, 0.3) is 0 Å². The van der Waals surface area contributed by atoms with Gasteiger partial charge in [-0.1, -0.05) is 314 Å². The van der Waals surface area contributed by atoms with Gasteiger partial charge in [0.2, 0.25) is 5.91 Å². The summed E-state index contributed by atoms with van der Waals surface area (Å²) in [6.07, 6.45) is 76.6. The summed E-state index contributed by atoms with van der Waals surface area (Å²) in [5, 5.41) is 23.1. The Bertz CT molecular complexity index is 1120. The molecule has 1 amide bonds. The molecular weight excluding hydrogens is 887 g/mol. The van der Waals surface area contributed by atoms with E-state index in [4.69, 9.17) is 4.74 Å². The van der Waals surface area contributed by atoms with Gasteiger partial charge in [-0.3, -0.25) is 9.59 Å². The molecule has 2 unspecified atom stereocenters. The second kappa shape index (κ2) is 61.9. The van der Waals surface area contributed by atoms with Crippen molar-refractivity contribution in [3.8, 4) is 0 Å². The number of hydrogen-bond acceptors (Lipinski definition) is 5. The number of unbranched alkanes of at least 4 members (excludes halogenated alkanes) is 48. The average Bonchev–Trinajstić information content (AvgIpc) is 3.38. The Morgan fingerprint density at radius 2 is 0.653 bits per heavy atom. The number of rotatable bonds is 61. The fraction of sp³-hybridized carbons (Fsp3) is 0.909. The standard InChI is InChI=1S/C66H127NO5/c1-3-5-7-9-11-13-15-17-30-34-38-42-46-50-54-58-64(69)63(62-68)67-65(70)59-55-51-47-43-39-35-32-28-26-24-22-20-19-21-23-25-27-29-33-37-41-45-49-53-57-61-72-66(71)60-56-52-48-44-40-36-31-18-16-14-12-10-8-6-4-2/h18,31,54,58,63-64,68-69H,3-17,19-30,32-53,55-57,59-62H2,1-2H3,(H,67,70)/b31-18-,58-54+. The van der Waals surface area contributed by atoms with Crippen molar-refractivity contribution in [2.24, 2.45) is 0 Å². The molecule has 0 heterocycles. The molecule has 0 bridgehead atoms. The third kappa shape index (κ3) is 57.6. The van der Waals surface area contributed by atoms with E-state index in [0.29, 0.717) is 19.4 Å². The minimum absolute atomic E-state index is 0.00844. The zero-order valence-corrected chi connectivity index (χ0v) is 48.7. The van der Waals surface area contributed by atoms with Crippen molar-refractivity contribution >= 4 is 11.9 Å². The summed E-state index contributed by atoms with van der Waals surface area (Å²) < 4.78 is 5.49. The highest BCUT2D eigenvalue weighted by atomic mass is 16.5. The second-order valence-corrected chi connectivity index (χ2v) is 22.5. The van der Waals surface area contributed by atoms with E-state index in [9.17, 15) is 19.8 Å². The SMILES string of the molecule is CCCCCCCC/C=C\CCCCCCCC(=O)OCCCCCCCCCCCCCCCCCCCCCCCCCCCC(=O)NC(CO)C(O)/C=C/CCCCCCCCCCCCCCC. The molecule has 72 heavy (non-hydrogen) atoms. The van der Waals surface area contributed by atoms with Crippen molar-refractivity contribution in [2.75, 3.05) is 13.2 Å². The Morgan fingerprint density at radius 1 is 0.375 bits per heavy atom. The van der Waals surface area contributed by atoms with E-state index in [0.717, 1.165) is 44.9 Å². The molecule has 6 heteroatoms. The molecule has 0 aromatic rings. The van der Waals surface area contributed by atoms with Gasteiger partial charge in [0.1, 0.15) is 0 Å². The molecule has 3 N–H and O–H groups in total. The van der Waals surface area contributed by atoms with Gasteiger partial charge in [0.25, 0.3) is 0 Å². The monoisotopic (exact) mass is 1010 g/mol. The number of aliphatic hydroxyl groups excluding tert-OH is 2. The normalized spacial score (nSPS) is 12.7. The van der Waals surface area contributed by atoms with Gasteiger partial charge in [-0.05, 0) is 57.8 Å².